The maximum absolute atomic E-state index is 14.9. The number of primary amides is 2. The molecule has 0 aromatic carbocycles. The highest BCUT2D eigenvalue weighted by Crippen LogP contribution is 2.20. The van der Waals surface area contributed by atoms with Crippen molar-refractivity contribution in [3.8, 4) is 0 Å². The van der Waals surface area contributed by atoms with Crippen LogP contribution in [0.1, 0.15) is 310 Å². The predicted octanol–water partition coefficient (Wildman–Crippen LogP) is -1.57. The number of nitrogens with two attached hydrogens (primary N) is 9. The van der Waals surface area contributed by atoms with Gasteiger partial charge in [-0.3, -0.25) is 96.5 Å². The topological polar surface area (TPSA) is 763 Å². The Kier molecular flexibility index (Phi) is 68.3. The standard InChI is InChI=1S/C96H182N26O19/c1-55(2)46-63(102)82(127)108-65(31-20-25-41-98)84(129)110-66(32-21-26-42-99)85(130)116-75(51-60(11)12)94(139)119-72(48-57(5)6)91(136)112-68(34-23-28-44-101)87(132)117-76(52-61(13)14)95(140)121-74(50-59(9)10)93(138)114-69(36-38-78(103)123)88(133)113-70(37-39-79(104)124)89(134)118-77(53-62(15)16)96(141)120-73(49-58(7)8)92(137)111-67(33-22-27-43-100)86(131)115-71(47-56(3)4)90(135)109-64(30-19-24-40-97)83(128)107-54-81(126)106-45-29-17-18-35-80(125)122-105/h55-77H,17-54,97-102,105H2,1-16H3,(H2,103,123)(H2,104,124)(H,106,126)(H,107,128)(H,108,127)(H,109,135)(H,110,129)(H,111,137)(H,112,136)(H,113,133)(H,114,138)(H,115,131)(H,116,130)(H,117,132)(H,118,134)(H,119,139)(H,120,141)(H,121,140)(H,122,125)/t63-,64-,65-,66-,67-,68-,69-,70-,71-,72-,73-,74-,75-,76-,77-/m0/s1. The molecule has 0 aliphatic rings. The van der Waals surface area contributed by atoms with Crippen molar-refractivity contribution in [2.24, 2.45) is 99.1 Å². The first-order chi connectivity index (χ1) is 66.4. The van der Waals surface area contributed by atoms with Gasteiger partial charge in [0.25, 0.3) is 0 Å². The van der Waals surface area contributed by atoms with E-state index in [1.54, 1.807) is 55.4 Å². The van der Waals surface area contributed by atoms with Crippen molar-refractivity contribution in [2.75, 3.05) is 45.8 Å². The molecule has 810 valence electrons. The van der Waals surface area contributed by atoms with E-state index in [0.29, 0.717) is 96.4 Å². The fourth-order valence-corrected chi connectivity index (χ4v) is 15.5. The Balaban J connectivity index is 7.45. The number of unbranched alkanes of at least 4 members (excludes halogenated alkanes) is 7. The maximum Gasteiger partial charge on any atom is 0.243 e. The molecule has 19 amide bonds. The molecule has 35 N–H and O–H groups in total. The van der Waals surface area contributed by atoms with Crippen molar-refractivity contribution in [3.05, 3.63) is 0 Å². The van der Waals surface area contributed by atoms with Crippen molar-refractivity contribution in [3.63, 3.8) is 0 Å². The SMILES string of the molecule is CC(C)C[C@H](NC(=O)[C@H](CCCCN)NC(=O)[C@H](CC(C)C)NC(=O)[C@H](CC(C)C)NC(=O)[C@H](CCC(N)=O)NC(=O)[C@H](CCC(N)=O)NC(=O)[C@H](CC(C)C)NC(=O)[C@H](CC(C)C)NC(=O)[C@H](CCCCN)NC(=O)[C@H](CC(C)C)NC(=O)[C@H](CC(C)C)NC(=O)[C@H](CCCCN)NC(=O)[C@H](CCCCN)NC(=O)[C@@H](N)CC(C)C)C(=O)N[C@@H](CCCCN)C(=O)NCC(=O)NCCCCCC(=O)NN. The van der Waals surface area contributed by atoms with Crippen LogP contribution in [0.4, 0.5) is 0 Å². The van der Waals surface area contributed by atoms with Gasteiger partial charge in [0.05, 0.1) is 12.6 Å². The molecule has 0 aliphatic carbocycles. The third-order valence-corrected chi connectivity index (χ3v) is 23.0. The number of hydrazine groups is 1. The Hall–Kier alpha value is -10.3. The molecule has 0 saturated heterocycles. The van der Waals surface area contributed by atoms with Crippen molar-refractivity contribution >= 4 is 112 Å². The van der Waals surface area contributed by atoms with E-state index in [0.717, 1.165) is 0 Å². The Morgan fingerprint density at radius 3 is 0.610 bits per heavy atom. The van der Waals surface area contributed by atoms with Gasteiger partial charge in [-0.2, -0.15) is 0 Å². The van der Waals surface area contributed by atoms with E-state index in [2.05, 4.69) is 90.5 Å². The van der Waals surface area contributed by atoms with E-state index in [9.17, 15) is 91.1 Å². The molecule has 45 heteroatoms. The number of nitrogens with one attached hydrogen (secondary N) is 17. The monoisotopic (exact) mass is 2000 g/mol. The summed E-state index contributed by atoms with van der Waals surface area (Å²) in [5, 5.41) is 43.6. The van der Waals surface area contributed by atoms with Gasteiger partial charge in [-0.15, -0.1) is 0 Å². The van der Waals surface area contributed by atoms with Gasteiger partial charge < -0.3 is 131 Å². The summed E-state index contributed by atoms with van der Waals surface area (Å²) in [7, 11) is 0. The largest absolute Gasteiger partial charge is 0.370 e. The van der Waals surface area contributed by atoms with Gasteiger partial charge in [0.2, 0.25) is 112 Å². The zero-order chi connectivity index (χ0) is 107. The highest BCUT2D eigenvalue weighted by atomic mass is 16.2. The minimum absolute atomic E-state index is 0.00820. The zero-order valence-corrected chi connectivity index (χ0v) is 87.1. The molecule has 0 radical (unpaired) electrons. The van der Waals surface area contributed by atoms with Crippen LogP contribution in [0.2, 0.25) is 0 Å². The van der Waals surface area contributed by atoms with Crippen molar-refractivity contribution in [2.45, 2.75) is 400 Å². The van der Waals surface area contributed by atoms with E-state index in [1.165, 1.54) is 0 Å². The molecule has 0 unspecified atom stereocenters. The van der Waals surface area contributed by atoms with E-state index in [4.69, 9.17) is 51.7 Å². The second kappa shape index (κ2) is 73.7. The quantitative estimate of drug-likeness (QED) is 0.0142. The Bertz CT molecular complexity index is 3840. The summed E-state index contributed by atoms with van der Waals surface area (Å²) in [5.41, 5.74) is 48.8. The maximum atomic E-state index is 14.9. The molecular weight excluding hydrogens is 1820 g/mol. The van der Waals surface area contributed by atoms with E-state index in [-0.39, 0.29) is 169 Å². The average Bonchev–Trinajstić information content (AvgIpc) is 0.847. The third-order valence-electron chi connectivity index (χ3n) is 23.0. The fraction of sp³-hybridized carbons (Fsp3) is 0.802. The molecule has 0 aliphatic heterocycles. The molecular formula is C96H182N26O19. The van der Waals surface area contributed by atoms with Crippen LogP contribution >= 0.6 is 0 Å². The molecule has 0 spiro atoms. The fourth-order valence-electron chi connectivity index (χ4n) is 15.5. The van der Waals surface area contributed by atoms with Gasteiger partial charge in [0.15, 0.2) is 0 Å². The summed E-state index contributed by atoms with van der Waals surface area (Å²) in [6.07, 6.45) is 4.88. The lowest BCUT2D eigenvalue weighted by atomic mass is 9.98. The molecule has 0 heterocycles. The van der Waals surface area contributed by atoms with Gasteiger partial charge in [0, 0.05) is 25.8 Å². The lowest BCUT2D eigenvalue weighted by Gasteiger charge is -2.30. The average molecular weight is 2000 g/mol. The smallest absolute Gasteiger partial charge is 0.243 e. The lowest BCUT2D eigenvalue weighted by molar-refractivity contribution is -0.137. The van der Waals surface area contributed by atoms with Crippen LogP contribution in [0.15, 0.2) is 0 Å². The van der Waals surface area contributed by atoms with Crippen LogP contribution in [0, 0.1) is 47.3 Å². The number of carbonyl (C=O) groups excluding carboxylic acids is 19. The summed E-state index contributed by atoms with van der Waals surface area (Å²) in [6.45, 7) is 29.9. The van der Waals surface area contributed by atoms with E-state index < -0.39 is 229 Å². The van der Waals surface area contributed by atoms with Gasteiger partial charge in [-0.05, 0) is 253 Å². The summed E-state index contributed by atoms with van der Waals surface area (Å²) in [4.78, 5) is 267. The second-order valence-electron chi connectivity index (χ2n) is 40.4. The number of rotatable bonds is 79. The first-order valence-corrected chi connectivity index (χ1v) is 51.0. The van der Waals surface area contributed by atoms with Crippen molar-refractivity contribution < 1.29 is 91.1 Å². The Labute approximate surface area is 835 Å². The lowest BCUT2D eigenvalue weighted by Crippen LogP contribution is -2.61. The van der Waals surface area contributed by atoms with Gasteiger partial charge >= 0.3 is 0 Å². The molecule has 45 nitrogen and oxygen atoms in total. The van der Waals surface area contributed by atoms with Crippen molar-refractivity contribution in [1.82, 2.24) is 90.5 Å². The van der Waals surface area contributed by atoms with Crippen LogP contribution in [-0.4, -0.2) is 249 Å². The summed E-state index contributed by atoms with van der Waals surface area (Å²) < 4.78 is 0. The number of carbonyl (C=O) groups is 19. The van der Waals surface area contributed by atoms with Gasteiger partial charge in [0.1, 0.15) is 84.6 Å². The number of amides is 19. The normalized spacial score (nSPS) is 14.7. The minimum Gasteiger partial charge on any atom is -0.370 e. The van der Waals surface area contributed by atoms with Crippen LogP contribution in [0.5, 0.6) is 0 Å². The molecule has 15 atom stereocenters. The van der Waals surface area contributed by atoms with Gasteiger partial charge in [-0.25, -0.2) is 5.84 Å². The number of hydrogen-bond acceptors (Lipinski definition) is 26. The van der Waals surface area contributed by atoms with Crippen LogP contribution in [0.25, 0.3) is 0 Å². The highest BCUT2D eigenvalue weighted by molar-refractivity contribution is 6.01. The molecule has 0 bridgehead atoms. The highest BCUT2D eigenvalue weighted by Gasteiger charge is 2.40. The molecule has 0 aromatic rings. The molecule has 0 fully saturated rings. The van der Waals surface area contributed by atoms with Crippen LogP contribution in [-0.2, 0) is 91.1 Å². The van der Waals surface area contributed by atoms with Crippen LogP contribution < -0.4 is 142 Å². The second-order valence-corrected chi connectivity index (χ2v) is 40.4. The minimum atomic E-state index is -1.71. The van der Waals surface area contributed by atoms with Crippen molar-refractivity contribution in [1.29, 1.82) is 0 Å². The summed E-state index contributed by atoms with van der Waals surface area (Å²) in [5.74, 6) is -11.5. The first-order valence-electron chi connectivity index (χ1n) is 51.0. The molecule has 0 rings (SSSR count). The molecule has 141 heavy (non-hydrogen) atoms. The summed E-state index contributed by atoms with van der Waals surface area (Å²) >= 11 is 0. The first kappa shape index (κ1) is 131. The Morgan fingerprint density at radius 2 is 0.404 bits per heavy atom. The van der Waals surface area contributed by atoms with Crippen LogP contribution in [0.3, 0.4) is 0 Å². The predicted molar refractivity (Wildman–Crippen MR) is 539 cm³/mol. The third kappa shape index (κ3) is 59.4. The van der Waals surface area contributed by atoms with E-state index in [1.807, 2.05) is 55.4 Å². The zero-order valence-electron chi connectivity index (χ0n) is 87.1. The number of hydrogen-bond donors (Lipinski definition) is 26. The summed E-state index contributed by atoms with van der Waals surface area (Å²) in [6, 6.07) is -20.0. The molecule has 0 aromatic heterocycles. The van der Waals surface area contributed by atoms with E-state index >= 15 is 0 Å². The van der Waals surface area contributed by atoms with Gasteiger partial charge in [-0.1, -0.05) is 117 Å². The molecule has 0 saturated carbocycles. The Morgan fingerprint density at radius 1 is 0.206 bits per heavy atom.